The smallest absolute Gasteiger partial charge is 0.337 e. The fraction of sp³-hybridized carbons (Fsp3) is 0.522. The lowest BCUT2D eigenvalue weighted by Crippen LogP contribution is -2.33. The number of esters is 1. The van der Waals surface area contributed by atoms with Crippen LogP contribution in [-0.4, -0.2) is 42.3 Å². The summed E-state index contributed by atoms with van der Waals surface area (Å²) in [4.78, 5) is 37.6. The number of amides is 1. The molecule has 5 nitrogen and oxygen atoms in total. The fourth-order valence-electron chi connectivity index (χ4n) is 3.41. The second-order valence-corrected chi connectivity index (χ2v) is 7.74. The third-order valence-corrected chi connectivity index (χ3v) is 5.10. The van der Waals surface area contributed by atoms with Gasteiger partial charge < -0.3 is 9.64 Å². The Morgan fingerprint density at radius 2 is 1.96 bits per heavy atom. The van der Waals surface area contributed by atoms with Gasteiger partial charge in [-0.2, -0.15) is 0 Å². The van der Waals surface area contributed by atoms with Crippen molar-refractivity contribution in [2.24, 2.45) is 5.92 Å². The summed E-state index contributed by atoms with van der Waals surface area (Å²) in [6.45, 7) is 4.92. The van der Waals surface area contributed by atoms with E-state index < -0.39 is 0 Å². The van der Waals surface area contributed by atoms with Gasteiger partial charge in [-0.25, -0.2) is 4.79 Å². The molecule has 1 aromatic carbocycles. The Labute approximate surface area is 167 Å². The van der Waals surface area contributed by atoms with Crippen molar-refractivity contribution in [3.8, 4) is 0 Å². The molecule has 1 amide bonds. The van der Waals surface area contributed by atoms with Gasteiger partial charge in [0.1, 0.15) is 0 Å². The largest absolute Gasteiger partial charge is 0.465 e. The van der Waals surface area contributed by atoms with Gasteiger partial charge in [-0.05, 0) is 49.0 Å². The first-order valence-electron chi connectivity index (χ1n) is 10.1. The molecule has 1 atom stereocenters. The van der Waals surface area contributed by atoms with Crippen LogP contribution in [0.3, 0.4) is 0 Å². The van der Waals surface area contributed by atoms with E-state index in [1.807, 2.05) is 23.1 Å². The standard InChI is InChI=1S/C23H31NO4/c1-17(2)5-4-6-21(25)13-11-20-12-14-22(26)24(20)16-15-18-7-9-19(10-8-18)23(27)28-3/h7-11,13,17,20H,4-6,12,14-16H2,1-3H3/t20-/m0/s1. The van der Waals surface area contributed by atoms with Crippen molar-refractivity contribution < 1.29 is 19.1 Å². The topological polar surface area (TPSA) is 63.7 Å². The van der Waals surface area contributed by atoms with Crippen molar-refractivity contribution in [2.45, 2.75) is 58.4 Å². The maximum Gasteiger partial charge on any atom is 0.337 e. The predicted octanol–water partition coefficient (Wildman–Crippen LogP) is 3.96. The summed E-state index contributed by atoms with van der Waals surface area (Å²) in [5.41, 5.74) is 1.57. The molecule has 0 N–H and O–H groups in total. The molecule has 0 radical (unpaired) electrons. The van der Waals surface area contributed by atoms with Crippen LogP contribution in [0.2, 0.25) is 0 Å². The second-order valence-electron chi connectivity index (χ2n) is 7.74. The Bertz CT molecular complexity index is 706. The molecule has 1 aliphatic heterocycles. The van der Waals surface area contributed by atoms with E-state index in [2.05, 4.69) is 13.8 Å². The van der Waals surface area contributed by atoms with E-state index in [1.165, 1.54) is 7.11 Å². The number of ketones is 1. The van der Waals surface area contributed by atoms with E-state index in [0.717, 1.165) is 24.8 Å². The van der Waals surface area contributed by atoms with Crippen LogP contribution in [0.25, 0.3) is 0 Å². The maximum absolute atomic E-state index is 12.2. The van der Waals surface area contributed by atoms with Crippen LogP contribution in [0, 0.1) is 5.92 Å². The zero-order chi connectivity index (χ0) is 20.5. The molecule has 0 saturated carbocycles. The number of allylic oxidation sites excluding steroid dienone is 1. The summed E-state index contributed by atoms with van der Waals surface area (Å²) in [7, 11) is 1.36. The number of benzene rings is 1. The van der Waals surface area contributed by atoms with Crippen molar-refractivity contribution in [1.82, 2.24) is 4.90 Å². The van der Waals surface area contributed by atoms with Crippen molar-refractivity contribution in [2.75, 3.05) is 13.7 Å². The summed E-state index contributed by atoms with van der Waals surface area (Å²) in [6.07, 6.45) is 8.08. The molecule has 1 heterocycles. The Balaban J connectivity index is 1.87. The molecule has 152 valence electrons. The Morgan fingerprint density at radius 1 is 1.25 bits per heavy atom. The molecule has 5 heteroatoms. The normalized spacial score (nSPS) is 16.9. The molecular weight excluding hydrogens is 354 g/mol. The molecule has 0 spiro atoms. The first kappa shape index (κ1) is 21.9. The number of methoxy groups -OCH3 is 1. The van der Waals surface area contributed by atoms with Gasteiger partial charge in [-0.15, -0.1) is 0 Å². The zero-order valence-electron chi connectivity index (χ0n) is 17.1. The summed E-state index contributed by atoms with van der Waals surface area (Å²) in [5, 5.41) is 0. The highest BCUT2D eigenvalue weighted by molar-refractivity contribution is 5.90. The van der Waals surface area contributed by atoms with Crippen molar-refractivity contribution in [3.63, 3.8) is 0 Å². The van der Waals surface area contributed by atoms with E-state index in [0.29, 0.717) is 37.3 Å². The van der Waals surface area contributed by atoms with Gasteiger partial charge in [0, 0.05) is 19.4 Å². The maximum atomic E-state index is 12.2. The average molecular weight is 386 g/mol. The quantitative estimate of drug-likeness (QED) is 0.452. The molecule has 0 unspecified atom stereocenters. The SMILES string of the molecule is COC(=O)c1ccc(CCN2C(=O)CC[C@@H]2C=CC(=O)CCCC(C)C)cc1. The monoisotopic (exact) mass is 385 g/mol. The van der Waals surface area contributed by atoms with Crippen LogP contribution in [0.15, 0.2) is 36.4 Å². The van der Waals surface area contributed by atoms with E-state index in [-0.39, 0.29) is 23.7 Å². The number of nitrogens with zero attached hydrogens (tertiary/aromatic N) is 1. The summed E-state index contributed by atoms with van der Waals surface area (Å²) < 4.78 is 4.70. The lowest BCUT2D eigenvalue weighted by molar-refractivity contribution is -0.128. The van der Waals surface area contributed by atoms with Crippen LogP contribution in [0.1, 0.15) is 61.9 Å². The van der Waals surface area contributed by atoms with E-state index in [9.17, 15) is 14.4 Å². The predicted molar refractivity (Wildman–Crippen MR) is 109 cm³/mol. The number of rotatable bonds is 10. The van der Waals surface area contributed by atoms with Crippen molar-refractivity contribution >= 4 is 17.7 Å². The third kappa shape index (κ3) is 6.63. The highest BCUT2D eigenvalue weighted by atomic mass is 16.5. The third-order valence-electron chi connectivity index (χ3n) is 5.10. The van der Waals surface area contributed by atoms with Crippen LogP contribution < -0.4 is 0 Å². The number of carbonyl (C=O) groups is 3. The molecule has 1 aliphatic rings. The van der Waals surface area contributed by atoms with Gasteiger partial charge in [-0.3, -0.25) is 9.59 Å². The second kappa shape index (κ2) is 10.8. The van der Waals surface area contributed by atoms with E-state index in [4.69, 9.17) is 4.74 Å². The Morgan fingerprint density at radius 3 is 2.61 bits per heavy atom. The van der Waals surface area contributed by atoms with Crippen LogP contribution in [0.4, 0.5) is 0 Å². The molecule has 1 fully saturated rings. The number of ether oxygens (including phenoxy) is 1. The molecule has 0 bridgehead atoms. The Kier molecular flexibility index (Phi) is 8.42. The molecular formula is C23H31NO4. The van der Waals surface area contributed by atoms with Gasteiger partial charge in [0.2, 0.25) is 5.91 Å². The van der Waals surface area contributed by atoms with Gasteiger partial charge in [0.25, 0.3) is 0 Å². The van der Waals surface area contributed by atoms with Crippen molar-refractivity contribution in [1.29, 1.82) is 0 Å². The molecule has 1 saturated heterocycles. The zero-order valence-corrected chi connectivity index (χ0v) is 17.1. The summed E-state index contributed by atoms with van der Waals surface area (Å²) >= 11 is 0. The lowest BCUT2D eigenvalue weighted by atomic mass is 10.0. The minimum absolute atomic E-state index is 0.00380. The summed E-state index contributed by atoms with van der Waals surface area (Å²) in [6, 6.07) is 7.24. The molecule has 28 heavy (non-hydrogen) atoms. The lowest BCUT2D eigenvalue weighted by Gasteiger charge is -2.22. The fourth-order valence-corrected chi connectivity index (χ4v) is 3.41. The van der Waals surface area contributed by atoms with Gasteiger partial charge in [0.15, 0.2) is 5.78 Å². The van der Waals surface area contributed by atoms with Crippen LogP contribution in [-0.2, 0) is 20.7 Å². The minimum atomic E-state index is -0.357. The van der Waals surface area contributed by atoms with Gasteiger partial charge in [0.05, 0.1) is 18.7 Å². The molecule has 1 aromatic rings. The Hall–Kier alpha value is -2.43. The van der Waals surface area contributed by atoms with E-state index in [1.54, 1.807) is 18.2 Å². The van der Waals surface area contributed by atoms with E-state index >= 15 is 0 Å². The van der Waals surface area contributed by atoms with Gasteiger partial charge in [-0.1, -0.05) is 38.5 Å². The molecule has 0 aromatic heterocycles. The number of hydrogen-bond acceptors (Lipinski definition) is 4. The van der Waals surface area contributed by atoms with Gasteiger partial charge >= 0.3 is 5.97 Å². The van der Waals surface area contributed by atoms with Crippen molar-refractivity contribution in [3.05, 3.63) is 47.5 Å². The molecule has 0 aliphatic carbocycles. The van der Waals surface area contributed by atoms with Crippen LogP contribution >= 0.6 is 0 Å². The average Bonchev–Trinajstić information content (AvgIpc) is 3.03. The minimum Gasteiger partial charge on any atom is -0.465 e. The highest BCUT2D eigenvalue weighted by Gasteiger charge is 2.28. The molecule has 2 rings (SSSR count). The number of hydrogen-bond donors (Lipinski definition) is 0. The highest BCUT2D eigenvalue weighted by Crippen LogP contribution is 2.21. The first-order valence-corrected chi connectivity index (χ1v) is 10.1. The van der Waals surface area contributed by atoms with Crippen LogP contribution in [0.5, 0.6) is 0 Å². The first-order chi connectivity index (χ1) is 13.4. The number of carbonyl (C=O) groups excluding carboxylic acids is 3. The summed E-state index contributed by atoms with van der Waals surface area (Å²) in [5.74, 6) is 0.525. The number of likely N-dealkylation sites (tertiary alicyclic amines) is 1.